The van der Waals surface area contributed by atoms with E-state index in [0.29, 0.717) is 10.0 Å². The van der Waals surface area contributed by atoms with Gasteiger partial charge in [-0.3, -0.25) is 9.78 Å². The number of hydrogen-bond donors (Lipinski definition) is 1. The molecule has 0 saturated heterocycles. The molecule has 0 aliphatic rings. The second kappa shape index (κ2) is 2.79. The Morgan fingerprint density at radius 2 is 2.40 bits per heavy atom. The molecule has 0 aliphatic heterocycles. The van der Waals surface area contributed by atoms with Crippen LogP contribution in [0.1, 0.15) is 10.4 Å². The summed E-state index contributed by atoms with van der Waals surface area (Å²) in [4.78, 5) is 14.3. The highest BCUT2D eigenvalue weighted by atomic mass is 79.9. The van der Waals surface area contributed by atoms with Crippen LogP contribution in [0.5, 0.6) is 0 Å². The quantitative estimate of drug-likeness (QED) is 0.734. The molecule has 0 aliphatic carbocycles. The Kier molecular flexibility index (Phi) is 2.01. The van der Waals surface area contributed by atoms with Crippen molar-refractivity contribution < 1.29 is 4.79 Å². The molecule has 0 bridgehead atoms. The largest absolute Gasteiger partial charge is 0.366 e. The van der Waals surface area contributed by atoms with Crippen molar-refractivity contribution in [3.63, 3.8) is 0 Å². The Bertz CT molecular complexity index is 262. The summed E-state index contributed by atoms with van der Waals surface area (Å²) in [5.41, 5.74) is 5.41. The van der Waals surface area contributed by atoms with Crippen molar-refractivity contribution in [2.24, 2.45) is 5.73 Å². The molecule has 0 aromatic carbocycles. The van der Waals surface area contributed by atoms with Crippen LogP contribution >= 0.6 is 15.9 Å². The van der Waals surface area contributed by atoms with Gasteiger partial charge in [0.2, 0.25) is 0 Å². The van der Waals surface area contributed by atoms with E-state index in [0.717, 1.165) is 0 Å². The Morgan fingerprint density at radius 3 is 2.80 bits per heavy atom. The molecule has 1 rings (SSSR count). The van der Waals surface area contributed by atoms with E-state index in [2.05, 4.69) is 20.9 Å². The van der Waals surface area contributed by atoms with Crippen molar-refractivity contribution in [1.82, 2.24) is 4.98 Å². The Hall–Kier alpha value is -0.900. The molecule has 1 aromatic heterocycles. The number of aromatic nitrogens is 1. The van der Waals surface area contributed by atoms with Gasteiger partial charge in [-0.25, -0.2) is 0 Å². The van der Waals surface area contributed by atoms with Crippen molar-refractivity contribution in [3.05, 3.63) is 28.5 Å². The summed E-state index contributed by atoms with van der Waals surface area (Å²) in [5, 5.41) is 0. The molecule has 10 heavy (non-hydrogen) atoms. The molecule has 1 aromatic rings. The van der Waals surface area contributed by atoms with Gasteiger partial charge in [0.1, 0.15) is 0 Å². The molecule has 0 spiro atoms. The first-order valence-corrected chi connectivity index (χ1v) is 3.40. The average molecular weight is 201 g/mol. The zero-order valence-corrected chi connectivity index (χ0v) is 6.63. The molecule has 0 unspecified atom stereocenters. The smallest absolute Gasteiger partial charge is 0.251 e. The van der Waals surface area contributed by atoms with E-state index in [-0.39, 0.29) is 0 Å². The molecule has 2 N–H and O–H groups in total. The molecule has 3 nitrogen and oxygen atoms in total. The molecule has 0 atom stereocenters. The minimum absolute atomic E-state index is 0.405. The topological polar surface area (TPSA) is 56.0 Å². The van der Waals surface area contributed by atoms with Gasteiger partial charge in [0, 0.05) is 16.9 Å². The fourth-order valence-electron chi connectivity index (χ4n) is 0.559. The van der Waals surface area contributed by atoms with Crippen molar-refractivity contribution in [2.75, 3.05) is 0 Å². The SMILES string of the molecule is NC(=O)c1cnccc1Br. The van der Waals surface area contributed by atoms with E-state index in [1.165, 1.54) is 6.20 Å². The van der Waals surface area contributed by atoms with Gasteiger partial charge in [0.05, 0.1) is 5.56 Å². The van der Waals surface area contributed by atoms with E-state index in [9.17, 15) is 4.79 Å². The molecule has 0 radical (unpaired) electrons. The molecular formula is C6H5BrN2O. The summed E-state index contributed by atoms with van der Waals surface area (Å²) < 4.78 is 0.676. The first-order valence-electron chi connectivity index (χ1n) is 2.61. The minimum atomic E-state index is -0.472. The molecule has 1 amide bonds. The molecule has 4 heteroatoms. The third-order valence-corrected chi connectivity index (χ3v) is 1.72. The maximum atomic E-state index is 10.6. The number of carbonyl (C=O) groups is 1. The minimum Gasteiger partial charge on any atom is -0.366 e. The van der Waals surface area contributed by atoms with Crippen LogP contribution in [0.2, 0.25) is 0 Å². The summed E-state index contributed by atoms with van der Waals surface area (Å²) in [6.45, 7) is 0. The monoisotopic (exact) mass is 200 g/mol. The fourth-order valence-corrected chi connectivity index (χ4v) is 0.975. The van der Waals surface area contributed by atoms with Gasteiger partial charge in [-0.2, -0.15) is 0 Å². The second-order valence-electron chi connectivity index (χ2n) is 1.72. The molecule has 0 saturated carbocycles. The third kappa shape index (κ3) is 1.33. The number of halogens is 1. The number of hydrogen-bond acceptors (Lipinski definition) is 2. The van der Waals surface area contributed by atoms with Crippen LogP contribution in [0, 0.1) is 0 Å². The predicted molar refractivity (Wildman–Crippen MR) is 40.5 cm³/mol. The number of nitrogens with two attached hydrogens (primary N) is 1. The Morgan fingerprint density at radius 1 is 1.70 bits per heavy atom. The van der Waals surface area contributed by atoms with Gasteiger partial charge in [-0.15, -0.1) is 0 Å². The van der Waals surface area contributed by atoms with Gasteiger partial charge >= 0.3 is 0 Å². The van der Waals surface area contributed by atoms with Crippen LogP contribution in [-0.2, 0) is 0 Å². The summed E-state index contributed by atoms with van der Waals surface area (Å²) in [7, 11) is 0. The molecular weight excluding hydrogens is 196 g/mol. The molecule has 1 heterocycles. The predicted octanol–water partition coefficient (Wildman–Crippen LogP) is 0.943. The van der Waals surface area contributed by atoms with Crippen molar-refractivity contribution >= 4 is 21.8 Å². The third-order valence-electron chi connectivity index (χ3n) is 1.03. The van der Waals surface area contributed by atoms with Gasteiger partial charge in [0.25, 0.3) is 5.91 Å². The van der Waals surface area contributed by atoms with Gasteiger partial charge in [-0.05, 0) is 22.0 Å². The van der Waals surface area contributed by atoms with Crippen molar-refractivity contribution in [3.8, 4) is 0 Å². The van der Waals surface area contributed by atoms with Crippen LogP contribution < -0.4 is 5.73 Å². The Balaban J connectivity index is 3.15. The summed E-state index contributed by atoms with van der Waals surface area (Å²) >= 11 is 3.16. The maximum Gasteiger partial charge on any atom is 0.251 e. The van der Waals surface area contributed by atoms with E-state index >= 15 is 0 Å². The highest BCUT2D eigenvalue weighted by molar-refractivity contribution is 9.10. The van der Waals surface area contributed by atoms with Gasteiger partial charge in [-0.1, -0.05) is 0 Å². The maximum absolute atomic E-state index is 10.6. The average Bonchev–Trinajstić information content (AvgIpc) is 1.88. The lowest BCUT2D eigenvalue weighted by Crippen LogP contribution is -2.11. The van der Waals surface area contributed by atoms with E-state index in [1.54, 1.807) is 12.3 Å². The summed E-state index contributed by atoms with van der Waals surface area (Å²) in [6, 6.07) is 1.67. The van der Waals surface area contributed by atoms with Crippen LogP contribution in [0.25, 0.3) is 0 Å². The Labute approximate surface area is 66.4 Å². The normalized spacial score (nSPS) is 9.30. The molecule has 52 valence electrons. The first kappa shape index (κ1) is 7.21. The number of amides is 1. The lowest BCUT2D eigenvalue weighted by molar-refractivity contribution is 0.0999. The number of pyridine rings is 1. The number of rotatable bonds is 1. The van der Waals surface area contributed by atoms with E-state index in [4.69, 9.17) is 5.73 Å². The molecule has 0 fully saturated rings. The fraction of sp³-hybridized carbons (Fsp3) is 0. The zero-order valence-electron chi connectivity index (χ0n) is 5.04. The standard InChI is InChI=1S/C6H5BrN2O/c7-5-1-2-9-3-4(5)6(8)10/h1-3H,(H2,8,10). The van der Waals surface area contributed by atoms with Crippen molar-refractivity contribution in [2.45, 2.75) is 0 Å². The van der Waals surface area contributed by atoms with Crippen LogP contribution in [0.3, 0.4) is 0 Å². The summed E-state index contributed by atoms with van der Waals surface area (Å²) in [5.74, 6) is -0.472. The van der Waals surface area contributed by atoms with Crippen LogP contribution in [0.4, 0.5) is 0 Å². The van der Waals surface area contributed by atoms with Gasteiger partial charge < -0.3 is 5.73 Å². The lowest BCUT2D eigenvalue weighted by atomic mass is 10.3. The van der Waals surface area contributed by atoms with Gasteiger partial charge in [0.15, 0.2) is 0 Å². The summed E-state index contributed by atoms with van der Waals surface area (Å²) in [6.07, 6.45) is 3.00. The lowest BCUT2D eigenvalue weighted by Gasteiger charge is -1.95. The van der Waals surface area contributed by atoms with Crippen LogP contribution in [-0.4, -0.2) is 10.9 Å². The number of primary amides is 1. The number of carbonyl (C=O) groups excluding carboxylic acids is 1. The van der Waals surface area contributed by atoms with Crippen molar-refractivity contribution in [1.29, 1.82) is 0 Å². The first-order chi connectivity index (χ1) is 4.72. The van der Waals surface area contributed by atoms with Crippen LogP contribution in [0.15, 0.2) is 22.9 Å². The second-order valence-corrected chi connectivity index (χ2v) is 2.57. The van der Waals surface area contributed by atoms with E-state index in [1.807, 2.05) is 0 Å². The number of nitrogens with zero attached hydrogens (tertiary/aromatic N) is 1. The highest BCUT2D eigenvalue weighted by Gasteiger charge is 2.03. The zero-order chi connectivity index (χ0) is 7.56. The highest BCUT2D eigenvalue weighted by Crippen LogP contribution is 2.12. The van der Waals surface area contributed by atoms with E-state index < -0.39 is 5.91 Å².